The first-order chi connectivity index (χ1) is 9.58. The summed E-state index contributed by atoms with van der Waals surface area (Å²) in [5, 5.41) is 5.88. The van der Waals surface area contributed by atoms with E-state index in [4.69, 9.17) is 0 Å². The summed E-state index contributed by atoms with van der Waals surface area (Å²) >= 11 is 0. The Bertz CT molecular complexity index is 437. The van der Waals surface area contributed by atoms with Gasteiger partial charge in [0.1, 0.15) is 5.82 Å². The van der Waals surface area contributed by atoms with Gasteiger partial charge in [-0.3, -0.25) is 4.79 Å². The number of anilines is 1. The van der Waals surface area contributed by atoms with Crippen LogP contribution in [0.3, 0.4) is 0 Å². The molecule has 0 atom stereocenters. The van der Waals surface area contributed by atoms with Crippen LogP contribution in [-0.2, 0) is 11.3 Å². The van der Waals surface area contributed by atoms with Crippen molar-refractivity contribution in [2.24, 2.45) is 0 Å². The number of nitrogens with one attached hydrogen (secondary N) is 2. The Morgan fingerprint density at radius 2 is 2.15 bits per heavy atom. The van der Waals surface area contributed by atoms with Gasteiger partial charge < -0.3 is 15.5 Å². The summed E-state index contributed by atoms with van der Waals surface area (Å²) in [6.45, 7) is 4.23. The van der Waals surface area contributed by atoms with Gasteiger partial charge in [0.2, 0.25) is 5.91 Å². The van der Waals surface area contributed by atoms with Gasteiger partial charge in [0.25, 0.3) is 0 Å². The van der Waals surface area contributed by atoms with Gasteiger partial charge in [0.15, 0.2) is 0 Å². The third-order valence-electron chi connectivity index (χ3n) is 3.15. The standard InChI is InChI=1S/C15H24FN3O/c1-4-8-18-11-12-10-13(16)5-6-14(12)19(3)9-7-15(20)17-2/h5-6,10,18H,4,7-9,11H2,1-3H3,(H,17,20). The molecular weight excluding hydrogens is 257 g/mol. The first-order valence-corrected chi connectivity index (χ1v) is 6.99. The van der Waals surface area contributed by atoms with E-state index in [9.17, 15) is 9.18 Å². The Morgan fingerprint density at radius 1 is 1.40 bits per heavy atom. The normalized spacial score (nSPS) is 10.4. The molecule has 4 nitrogen and oxygen atoms in total. The Kier molecular flexibility index (Phi) is 7.01. The number of carbonyl (C=O) groups is 1. The summed E-state index contributed by atoms with van der Waals surface area (Å²) in [4.78, 5) is 13.3. The van der Waals surface area contributed by atoms with Crippen molar-refractivity contribution in [2.75, 3.05) is 32.1 Å². The van der Waals surface area contributed by atoms with E-state index in [1.807, 2.05) is 11.9 Å². The van der Waals surface area contributed by atoms with E-state index in [2.05, 4.69) is 17.6 Å². The number of hydrogen-bond acceptors (Lipinski definition) is 3. The van der Waals surface area contributed by atoms with Crippen LogP contribution in [0.5, 0.6) is 0 Å². The molecule has 0 heterocycles. The molecule has 0 radical (unpaired) electrons. The molecule has 0 unspecified atom stereocenters. The topological polar surface area (TPSA) is 44.4 Å². The average molecular weight is 281 g/mol. The first-order valence-electron chi connectivity index (χ1n) is 6.99. The van der Waals surface area contributed by atoms with Gasteiger partial charge in [-0.15, -0.1) is 0 Å². The number of nitrogens with zero attached hydrogens (tertiary/aromatic N) is 1. The Labute approximate surface area is 120 Å². The average Bonchev–Trinajstić information content (AvgIpc) is 2.44. The number of rotatable bonds is 8. The number of benzene rings is 1. The van der Waals surface area contributed by atoms with Crippen molar-refractivity contribution in [3.63, 3.8) is 0 Å². The molecule has 1 rings (SSSR count). The quantitative estimate of drug-likeness (QED) is 0.715. The molecule has 0 aliphatic rings. The highest BCUT2D eigenvalue weighted by molar-refractivity contribution is 5.76. The van der Waals surface area contributed by atoms with Crippen molar-refractivity contribution >= 4 is 11.6 Å². The van der Waals surface area contributed by atoms with Gasteiger partial charge in [0.05, 0.1) is 0 Å². The summed E-state index contributed by atoms with van der Waals surface area (Å²) in [6.07, 6.45) is 1.46. The molecule has 0 saturated heterocycles. The largest absolute Gasteiger partial charge is 0.374 e. The molecule has 0 bridgehead atoms. The van der Waals surface area contributed by atoms with Crippen LogP contribution in [0.25, 0.3) is 0 Å². The van der Waals surface area contributed by atoms with Crippen molar-refractivity contribution in [3.8, 4) is 0 Å². The molecule has 0 aromatic heterocycles. The minimum Gasteiger partial charge on any atom is -0.374 e. The van der Waals surface area contributed by atoms with E-state index in [-0.39, 0.29) is 11.7 Å². The SMILES string of the molecule is CCCNCc1cc(F)ccc1N(C)CCC(=O)NC. The highest BCUT2D eigenvalue weighted by atomic mass is 19.1. The zero-order chi connectivity index (χ0) is 15.0. The molecule has 1 aromatic rings. The van der Waals surface area contributed by atoms with E-state index >= 15 is 0 Å². The van der Waals surface area contributed by atoms with E-state index in [1.54, 1.807) is 19.2 Å². The van der Waals surface area contributed by atoms with Gasteiger partial charge in [-0.05, 0) is 36.7 Å². The van der Waals surface area contributed by atoms with Gasteiger partial charge >= 0.3 is 0 Å². The van der Waals surface area contributed by atoms with Crippen LogP contribution < -0.4 is 15.5 Å². The second kappa shape index (κ2) is 8.53. The third-order valence-corrected chi connectivity index (χ3v) is 3.15. The lowest BCUT2D eigenvalue weighted by atomic mass is 10.1. The summed E-state index contributed by atoms with van der Waals surface area (Å²) in [7, 11) is 3.54. The molecule has 2 N–H and O–H groups in total. The molecule has 0 saturated carbocycles. The van der Waals surface area contributed by atoms with E-state index in [0.29, 0.717) is 19.5 Å². The summed E-state index contributed by atoms with van der Waals surface area (Å²) < 4.78 is 13.4. The first kappa shape index (κ1) is 16.4. The van der Waals surface area contributed by atoms with Crippen LogP contribution in [0.1, 0.15) is 25.3 Å². The number of halogens is 1. The van der Waals surface area contributed by atoms with E-state index < -0.39 is 0 Å². The predicted molar refractivity (Wildman–Crippen MR) is 80.4 cm³/mol. The minimum atomic E-state index is -0.234. The molecule has 1 aromatic carbocycles. The lowest BCUT2D eigenvalue weighted by molar-refractivity contribution is -0.120. The molecule has 5 heteroatoms. The van der Waals surface area contributed by atoms with E-state index in [1.165, 1.54) is 6.07 Å². The fourth-order valence-corrected chi connectivity index (χ4v) is 1.98. The Morgan fingerprint density at radius 3 is 2.80 bits per heavy atom. The second-order valence-electron chi connectivity index (χ2n) is 4.79. The van der Waals surface area contributed by atoms with Crippen LogP contribution in [-0.4, -0.2) is 33.1 Å². The molecule has 0 spiro atoms. The Balaban J connectivity index is 2.73. The molecule has 112 valence electrons. The molecule has 0 aliphatic carbocycles. The van der Waals surface area contributed by atoms with Crippen molar-refractivity contribution in [3.05, 3.63) is 29.6 Å². The summed E-state index contributed by atoms with van der Waals surface area (Å²) in [5.74, 6) is -0.230. The number of amides is 1. The lowest BCUT2D eigenvalue weighted by Crippen LogP contribution is -2.27. The Hall–Kier alpha value is -1.62. The van der Waals surface area contributed by atoms with Crippen LogP contribution in [0.2, 0.25) is 0 Å². The van der Waals surface area contributed by atoms with Gasteiger partial charge in [-0.2, -0.15) is 0 Å². The summed E-state index contributed by atoms with van der Waals surface area (Å²) in [5.41, 5.74) is 1.87. The zero-order valence-corrected chi connectivity index (χ0v) is 12.5. The smallest absolute Gasteiger partial charge is 0.221 e. The fraction of sp³-hybridized carbons (Fsp3) is 0.533. The summed E-state index contributed by atoms with van der Waals surface area (Å²) in [6, 6.07) is 4.77. The van der Waals surface area contributed by atoms with Gasteiger partial charge in [-0.25, -0.2) is 4.39 Å². The molecule has 1 amide bonds. The molecule has 0 aliphatic heterocycles. The van der Waals surface area contributed by atoms with Crippen LogP contribution in [0, 0.1) is 5.82 Å². The van der Waals surface area contributed by atoms with Gasteiger partial charge in [-0.1, -0.05) is 6.92 Å². The van der Waals surface area contributed by atoms with Crippen LogP contribution in [0.4, 0.5) is 10.1 Å². The van der Waals surface area contributed by atoms with Crippen molar-refractivity contribution in [1.29, 1.82) is 0 Å². The maximum absolute atomic E-state index is 13.4. The number of carbonyl (C=O) groups excluding carboxylic acids is 1. The molecule has 0 fully saturated rings. The van der Waals surface area contributed by atoms with Crippen LogP contribution >= 0.6 is 0 Å². The monoisotopic (exact) mass is 281 g/mol. The molecule has 20 heavy (non-hydrogen) atoms. The van der Waals surface area contributed by atoms with Crippen molar-refractivity contribution in [1.82, 2.24) is 10.6 Å². The van der Waals surface area contributed by atoms with Crippen molar-refractivity contribution < 1.29 is 9.18 Å². The highest BCUT2D eigenvalue weighted by Gasteiger charge is 2.10. The third kappa shape index (κ3) is 5.17. The maximum atomic E-state index is 13.4. The molecular formula is C15H24FN3O. The minimum absolute atomic E-state index is 0.00428. The van der Waals surface area contributed by atoms with Crippen LogP contribution in [0.15, 0.2) is 18.2 Å². The van der Waals surface area contributed by atoms with E-state index in [0.717, 1.165) is 24.2 Å². The lowest BCUT2D eigenvalue weighted by Gasteiger charge is -2.22. The fourth-order valence-electron chi connectivity index (χ4n) is 1.98. The van der Waals surface area contributed by atoms with Gasteiger partial charge in [0, 0.05) is 39.3 Å². The van der Waals surface area contributed by atoms with Crippen molar-refractivity contribution in [2.45, 2.75) is 26.3 Å². The predicted octanol–water partition coefficient (Wildman–Crippen LogP) is 1.90. The highest BCUT2D eigenvalue weighted by Crippen LogP contribution is 2.21. The maximum Gasteiger partial charge on any atom is 0.221 e. The second-order valence-corrected chi connectivity index (χ2v) is 4.79. The number of hydrogen-bond donors (Lipinski definition) is 2. The zero-order valence-electron chi connectivity index (χ0n) is 12.5.